The molecular weight excluding hydrogens is 192 g/mol. The number of nitrogens with one attached hydrogen (secondary N) is 1. The fourth-order valence-corrected chi connectivity index (χ4v) is 2.01. The van der Waals surface area contributed by atoms with Crippen LogP contribution in [0, 0.1) is 6.92 Å². The van der Waals surface area contributed by atoms with E-state index < -0.39 is 0 Å². The molecule has 0 aliphatic heterocycles. The molecule has 1 rings (SSSR count). The van der Waals surface area contributed by atoms with Crippen LogP contribution in [0.25, 0.3) is 6.08 Å². The number of hydrogen-bond donors (Lipinski definition) is 1. The van der Waals surface area contributed by atoms with Crippen molar-refractivity contribution in [1.82, 2.24) is 10.3 Å². The molecule has 0 unspecified atom stereocenters. The molecule has 0 spiro atoms. The number of hydrogen-bond acceptors (Lipinski definition) is 3. The highest BCUT2D eigenvalue weighted by Crippen LogP contribution is 2.14. The van der Waals surface area contributed by atoms with Crippen LogP contribution < -0.4 is 5.32 Å². The number of aromatic nitrogens is 1. The SMILES string of the molecule is CCCNCC(C)=Cc1cnc(C)s1. The highest BCUT2D eigenvalue weighted by atomic mass is 32.1. The Labute approximate surface area is 90.1 Å². The van der Waals surface area contributed by atoms with Gasteiger partial charge < -0.3 is 5.32 Å². The maximum absolute atomic E-state index is 4.22. The van der Waals surface area contributed by atoms with Crippen molar-refractivity contribution < 1.29 is 0 Å². The Balaban J connectivity index is 2.43. The van der Waals surface area contributed by atoms with Crippen LogP contribution in [0.4, 0.5) is 0 Å². The highest BCUT2D eigenvalue weighted by molar-refractivity contribution is 7.12. The van der Waals surface area contributed by atoms with Gasteiger partial charge in [-0.2, -0.15) is 0 Å². The Morgan fingerprint density at radius 3 is 3.00 bits per heavy atom. The Morgan fingerprint density at radius 2 is 2.43 bits per heavy atom. The second kappa shape index (κ2) is 5.94. The van der Waals surface area contributed by atoms with Crippen molar-refractivity contribution in [2.75, 3.05) is 13.1 Å². The summed E-state index contributed by atoms with van der Waals surface area (Å²) in [4.78, 5) is 5.47. The van der Waals surface area contributed by atoms with Crippen LogP contribution in [0.2, 0.25) is 0 Å². The predicted molar refractivity (Wildman–Crippen MR) is 63.7 cm³/mol. The van der Waals surface area contributed by atoms with Crippen molar-refractivity contribution in [2.45, 2.75) is 27.2 Å². The van der Waals surface area contributed by atoms with Crippen molar-refractivity contribution >= 4 is 17.4 Å². The van der Waals surface area contributed by atoms with Crippen LogP contribution in [-0.4, -0.2) is 18.1 Å². The highest BCUT2D eigenvalue weighted by Gasteiger charge is 1.95. The van der Waals surface area contributed by atoms with E-state index in [1.54, 1.807) is 11.3 Å². The van der Waals surface area contributed by atoms with Gasteiger partial charge in [-0.25, -0.2) is 4.98 Å². The normalized spacial score (nSPS) is 12.1. The lowest BCUT2D eigenvalue weighted by Crippen LogP contribution is -2.16. The Bertz CT molecular complexity index is 302. The van der Waals surface area contributed by atoms with Crippen molar-refractivity contribution in [3.05, 3.63) is 21.7 Å². The van der Waals surface area contributed by atoms with Crippen LogP contribution in [0.15, 0.2) is 11.8 Å². The average Bonchev–Trinajstić information content (AvgIpc) is 2.52. The lowest BCUT2D eigenvalue weighted by atomic mass is 10.2. The van der Waals surface area contributed by atoms with E-state index in [2.05, 4.69) is 30.2 Å². The van der Waals surface area contributed by atoms with Crippen molar-refractivity contribution in [2.24, 2.45) is 0 Å². The molecule has 0 saturated heterocycles. The quantitative estimate of drug-likeness (QED) is 0.756. The third kappa shape index (κ3) is 4.03. The van der Waals surface area contributed by atoms with Gasteiger partial charge in [-0.15, -0.1) is 11.3 Å². The minimum atomic E-state index is 0.977. The lowest BCUT2D eigenvalue weighted by Gasteiger charge is -2.01. The first-order valence-corrected chi connectivity index (χ1v) is 5.84. The minimum Gasteiger partial charge on any atom is -0.313 e. The Morgan fingerprint density at radius 1 is 1.64 bits per heavy atom. The zero-order valence-corrected chi connectivity index (χ0v) is 9.95. The molecule has 1 N–H and O–H groups in total. The van der Waals surface area contributed by atoms with Crippen LogP contribution in [0.3, 0.4) is 0 Å². The first-order valence-electron chi connectivity index (χ1n) is 5.02. The second-order valence-corrected chi connectivity index (χ2v) is 4.72. The second-order valence-electron chi connectivity index (χ2n) is 3.45. The van der Waals surface area contributed by atoms with E-state index in [-0.39, 0.29) is 0 Å². The van der Waals surface area contributed by atoms with E-state index >= 15 is 0 Å². The molecule has 1 aromatic heterocycles. The molecule has 1 aromatic rings. The van der Waals surface area contributed by atoms with Gasteiger partial charge in [0.1, 0.15) is 0 Å². The smallest absolute Gasteiger partial charge is 0.0900 e. The van der Waals surface area contributed by atoms with Gasteiger partial charge in [0.2, 0.25) is 0 Å². The third-order valence-electron chi connectivity index (χ3n) is 1.86. The number of aryl methyl sites for hydroxylation is 1. The average molecular weight is 210 g/mol. The molecule has 14 heavy (non-hydrogen) atoms. The van der Waals surface area contributed by atoms with Gasteiger partial charge in [0, 0.05) is 17.6 Å². The summed E-state index contributed by atoms with van der Waals surface area (Å²) in [5.41, 5.74) is 1.36. The molecule has 0 bridgehead atoms. The number of rotatable bonds is 5. The monoisotopic (exact) mass is 210 g/mol. The van der Waals surface area contributed by atoms with Crippen LogP contribution in [0.1, 0.15) is 30.2 Å². The summed E-state index contributed by atoms with van der Waals surface area (Å²) in [7, 11) is 0. The number of thiazole rings is 1. The summed E-state index contributed by atoms with van der Waals surface area (Å²) < 4.78 is 0. The molecule has 3 heteroatoms. The molecule has 0 aromatic carbocycles. The minimum absolute atomic E-state index is 0.977. The van der Waals surface area contributed by atoms with Gasteiger partial charge >= 0.3 is 0 Å². The molecule has 0 atom stereocenters. The van der Waals surface area contributed by atoms with E-state index in [4.69, 9.17) is 0 Å². The van der Waals surface area contributed by atoms with Gasteiger partial charge in [-0.1, -0.05) is 12.5 Å². The van der Waals surface area contributed by atoms with E-state index in [0.717, 1.165) is 18.1 Å². The zero-order valence-electron chi connectivity index (χ0n) is 9.13. The van der Waals surface area contributed by atoms with E-state index in [0.29, 0.717) is 0 Å². The Kier molecular flexibility index (Phi) is 4.84. The summed E-state index contributed by atoms with van der Waals surface area (Å²) in [6.45, 7) is 8.43. The van der Waals surface area contributed by atoms with Gasteiger partial charge in [0.15, 0.2) is 0 Å². The molecule has 0 fully saturated rings. The maximum atomic E-state index is 4.22. The molecule has 0 saturated carbocycles. The summed E-state index contributed by atoms with van der Waals surface area (Å²) in [6.07, 6.45) is 5.32. The predicted octanol–water partition coefficient (Wildman–Crippen LogP) is 2.85. The van der Waals surface area contributed by atoms with Crippen LogP contribution >= 0.6 is 11.3 Å². The lowest BCUT2D eigenvalue weighted by molar-refractivity contribution is 0.715. The first kappa shape index (κ1) is 11.4. The molecule has 0 aliphatic rings. The largest absolute Gasteiger partial charge is 0.313 e. The van der Waals surface area contributed by atoms with Gasteiger partial charge in [-0.05, 0) is 32.9 Å². The summed E-state index contributed by atoms with van der Waals surface area (Å²) in [5.74, 6) is 0. The van der Waals surface area contributed by atoms with Crippen molar-refractivity contribution in [3.63, 3.8) is 0 Å². The molecule has 1 heterocycles. The first-order chi connectivity index (χ1) is 6.72. The maximum Gasteiger partial charge on any atom is 0.0900 e. The molecule has 2 nitrogen and oxygen atoms in total. The number of nitrogens with zero attached hydrogens (tertiary/aromatic N) is 1. The van der Waals surface area contributed by atoms with E-state index in [9.17, 15) is 0 Å². The Hall–Kier alpha value is -0.670. The summed E-state index contributed by atoms with van der Waals surface area (Å²) in [6, 6.07) is 0. The topological polar surface area (TPSA) is 24.9 Å². The summed E-state index contributed by atoms with van der Waals surface area (Å²) >= 11 is 1.74. The van der Waals surface area contributed by atoms with Crippen LogP contribution in [0.5, 0.6) is 0 Å². The fourth-order valence-electron chi connectivity index (χ4n) is 1.20. The zero-order chi connectivity index (χ0) is 10.4. The van der Waals surface area contributed by atoms with Crippen molar-refractivity contribution in [1.29, 1.82) is 0 Å². The van der Waals surface area contributed by atoms with Crippen LogP contribution in [-0.2, 0) is 0 Å². The standard InChI is InChI=1S/C11H18N2S/c1-4-5-12-7-9(2)6-11-8-13-10(3)14-11/h6,8,12H,4-5,7H2,1-3H3. The fraction of sp³-hybridized carbons (Fsp3) is 0.545. The van der Waals surface area contributed by atoms with Gasteiger partial charge in [0.25, 0.3) is 0 Å². The van der Waals surface area contributed by atoms with E-state index in [1.807, 2.05) is 13.1 Å². The molecule has 78 valence electrons. The summed E-state index contributed by atoms with van der Waals surface area (Å²) in [5, 5.41) is 4.51. The van der Waals surface area contributed by atoms with E-state index in [1.165, 1.54) is 16.9 Å². The van der Waals surface area contributed by atoms with Crippen molar-refractivity contribution in [3.8, 4) is 0 Å². The third-order valence-corrected chi connectivity index (χ3v) is 2.72. The molecule has 0 radical (unpaired) electrons. The molecule has 0 aliphatic carbocycles. The van der Waals surface area contributed by atoms with Gasteiger partial charge in [-0.3, -0.25) is 0 Å². The van der Waals surface area contributed by atoms with Gasteiger partial charge in [0.05, 0.1) is 5.01 Å². The molecule has 0 amide bonds. The molecular formula is C11H18N2S.